The van der Waals surface area contributed by atoms with E-state index in [1.165, 1.54) is 25.3 Å². The molecule has 0 spiro atoms. The summed E-state index contributed by atoms with van der Waals surface area (Å²) in [5.41, 5.74) is 3.21. The van der Waals surface area contributed by atoms with Crippen molar-refractivity contribution in [2.45, 2.75) is 31.2 Å². The minimum Gasteiger partial charge on any atom is -0.495 e. The molecular formula is C26H26N2O6S. The Kier molecular flexibility index (Phi) is 6.79. The van der Waals surface area contributed by atoms with Crippen LogP contribution in [-0.4, -0.2) is 40.1 Å². The predicted molar refractivity (Wildman–Crippen MR) is 132 cm³/mol. The van der Waals surface area contributed by atoms with Crippen molar-refractivity contribution in [1.29, 1.82) is 0 Å². The average molecular weight is 495 g/mol. The molecule has 0 aliphatic carbocycles. The Morgan fingerprint density at radius 3 is 2.49 bits per heavy atom. The number of benzene rings is 3. The highest BCUT2D eigenvalue weighted by atomic mass is 32.2. The normalized spacial score (nSPS) is 14.8. The van der Waals surface area contributed by atoms with Gasteiger partial charge in [0.1, 0.15) is 10.6 Å². The molecule has 1 N–H and O–H groups in total. The first-order valence-electron chi connectivity index (χ1n) is 11.0. The number of hydrogen-bond donors (Lipinski definition) is 1. The van der Waals surface area contributed by atoms with Gasteiger partial charge < -0.3 is 14.4 Å². The highest BCUT2D eigenvalue weighted by Gasteiger charge is 2.31. The lowest BCUT2D eigenvalue weighted by Gasteiger charge is -2.22. The Hall–Kier alpha value is -3.85. The molecule has 0 aromatic heterocycles. The van der Waals surface area contributed by atoms with Crippen molar-refractivity contribution in [1.82, 2.24) is 0 Å². The molecule has 8 nitrogen and oxygen atoms in total. The molecule has 0 unspecified atom stereocenters. The van der Waals surface area contributed by atoms with E-state index in [0.717, 1.165) is 23.2 Å². The van der Waals surface area contributed by atoms with Crippen molar-refractivity contribution < 1.29 is 27.5 Å². The van der Waals surface area contributed by atoms with Gasteiger partial charge in [0, 0.05) is 17.4 Å². The number of amides is 1. The van der Waals surface area contributed by atoms with Gasteiger partial charge in [-0.1, -0.05) is 35.9 Å². The van der Waals surface area contributed by atoms with Crippen LogP contribution < -0.4 is 14.4 Å². The number of ether oxygens (including phenoxy) is 2. The van der Waals surface area contributed by atoms with Crippen LogP contribution in [0, 0.1) is 6.92 Å². The Morgan fingerprint density at radius 1 is 1.06 bits per heavy atom. The van der Waals surface area contributed by atoms with Crippen molar-refractivity contribution in [2.24, 2.45) is 0 Å². The van der Waals surface area contributed by atoms with E-state index in [2.05, 4.69) is 4.72 Å². The second-order valence-electron chi connectivity index (χ2n) is 8.36. The quantitative estimate of drug-likeness (QED) is 0.499. The zero-order chi connectivity index (χ0) is 25.2. The number of aryl methyl sites for hydroxylation is 1. The van der Waals surface area contributed by atoms with E-state index < -0.39 is 22.6 Å². The van der Waals surface area contributed by atoms with E-state index in [4.69, 9.17) is 9.47 Å². The Balaban J connectivity index is 1.50. The van der Waals surface area contributed by atoms with Gasteiger partial charge in [-0.15, -0.1) is 0 Å². The van der Waals surface area contributed by atoms with Crippen LogP contribution in [0.5, 0.6) is 5.75 Å². The fourth-order valence-electron chi connectivity index (χ4n) is 4.07. The zero-order valence-corrected chi connectivity index (χ0v) is 20.5. The maximum Gasteiger partial charge on any atom is 0.338 e. The van der Waals surface area contributed by atoms with E-state index in [1.807, 2.05) is 38.1 Å². The van der Waals surface area contributed by atoms with Crippen LogP contribution in [0.1, 0.15) is 28.4 Å². The summed E-state index contributed by atoms with van der Waals surface area (Å²) in [6.45, 7) is 3.36. The number of rotatable bonds is 7. The summed E-state index contributed by atoms with van der Waals surface area (Å²) in [6.07, 6.45) is 0.726. The first-order valence-corrected chi connectivity index (χ1v) is 12.5. The molecular weight excluding hydrogens is 468 g/mol. The van der Waals surface area contributed by atoms with Gasteiger partial charge in [-0.25, -0.2) is 13.2 Å². The largest absolute Gasteiger partial charge is 0.495 e. The van der Waals surface area contributed by atoms with Crippen molar-refractivity contribution in [3.63, 3.8) is 0 Å². The summed E-state index contributed by atoms with van der Waals surface area (Å²) in [5.74, 6) is -1.09. The Labute approximate surface area is 204 Å². The number of carbonyl (C=O) groups excluding carboxylic acids is 2. The predicted octanol–water partition coefficient (Wildman–Crippen LogP) is 3.94. The fraction of sp³-hybridized carbons (Fsp3) is 0.231. The summed E-state index contributed by atoms with van der Waals surface area (Å²) in [4.78, 5) is 27.0. The molecule has 35 heavy (non-hydrogen) atoms. The van der Waals surface area contributed by atoms with Gasteiger partial charge in [0.05, 0.1) is 12.7 Å². The number of anilines is 2. The third-order valence-electron chi connectivity index (χ3n) is 5.80. The van der Waals surface area contributed by atoms with Crippen LogP contribution in [-0.2, 0) is 26.0 Å². The second-order valence-corrected chi connectivity index (χ2v) is 10.0. The first kappa shape index (κ1) is 24.3. The van der Waals surface area contributed by atoms with Crippen LogP contribution in [0.3, 0.4) is 0 Å². The lowest BCUT2D eigenvalue weighted by molar-refractivity contribution is -0.122. The molecule has 0 saturated heterocycles. The molecule has 3 aromatic rings. The second kappa shape index (κ2) is 9.79. The highest BCUT2D eigenvalue weighted by Crippen LogP contribution is 2.32. The van der Waals surface area contributed by atoms with Crippen LogP contribution >= 0.6 is 0 Å². The molecule has 0 fully saturated rings. The van der Waals surface area contributed by atoms with Crippen LogP contribution in [0.15, 0.2) is 71.6 Å². The topological polar surface area (TPSA) is 102 Å². The molecule has 1 aliphatic rings. The van der Waals surface area contributed by atoms with Crippen LogP contribution in [0.2, 0.25) is 0 Å². The zero-order valence-electron chi connectivity index (χ0n) is 19.6. The molecule has 182 valence electrons. The van der Waals surface area contributed by atoms with Crippen molar-refractivity contribution >= 4 is 33.3 Å². The third kappa shape index (κ3) is 5.14. The van der Waals surface area contributed by atoms with Crippen LogP contribution in [0.4, 0.5) is 11.4 Å². The number of fused-ring (bicyclic) bond motifs is 1. The summed E-state index contributed by atoms with van der Waals surface area (Å²) in [5, 5.41) is 0. The molecule has 9 heteroatoms. The van der Waals surface area contributed by atoms with Crippen molar-refractivity contribution in [3.05, 3.63) is 83.4 Å². The van der Waals surface area contributed by atoms with E-state index in [1.54, 1.807) is 29.2 Å². The summed E-state index contributed by atoms with van der Waals surface area (Å²) >= 11 is 0. The maximum atomic E-state index is 13.0. The molecule has 1 aliphatic heterocycles. The first-order chi connectivity index (χ1) is 16.7. The van der Waals surface area contributed by atoms with E-state index in [-0.39, 0.29) is 28.2 Å². The standard InChI is InChI=1S/C26H26N2O6S/c1-17-8-11-21(12-9-17)27-35(31,32)24-15-20(10-13-23(24)33-3)26(30)34-16-25(29)28-18(2)14-19-6-4-5-7-22(19)28/h4-13,15,18,27H,14,16H2,1-3H3/t18-/m1/s1. The number of nitrogens with zero attached hydrogens (tertiary/aromatic N) is 1. The average Bonchev–Trinajstić information content (AvgIpc) is 3.19. The smallest absolute Gasteiger partial charge is 0.338 e. The molecule has 1 amide bonds. The molecule has 1 heterocycles. The number of para-hydroxylation sites is 1. The molecule has 3 aromatic carbocycles. The molecule has 4 rings (SSSR count). The lowest BCUT2D eigenvalue weighted by atomic mass is 10.1. The summed E-state index contributed by atoms with van der Waals surface area (Å²) in [6, 6.07) is 18.3. The monoisotopic (exact) mass is 494 g/mol. The number of methoxy groups -OCH3 is 1. The van der Waals surface area contributed by atoms with E-state index in [9.17, 15) is 18.0 Å². The Morgan fingerprint density at radius 2 is 1.77 bits per heavy atom. The van der Waals surface area contributed by atoms with Gasteiger partial charge in [0.15, 0.2) is 6.61 Å². The SMILES string of the molecule is COc1ccc(C(=O)OCC(=O)N2c3ccccc3C[C@H]2C)cc1S(=O)(=O)Nc1ccc(C)cc1. The van der Waals surface area contributed by atoms with Gasteiger partial charge in [0.2, 0.25) is 0 Å². The number of carbonyl (C=O) groups is 2. The Bertz CT molecular complexity index is 1370. The van der Waals surface area contributed by atoms with Crippen molar-refractivity contribution in [3.8, 4) is 5.75 Å². The number of esters is 1. The molecule has 1 atom stereocenters. The van der Waals surface area contributed by atoms with Gasteiger partial charge in [-0.05, 0) is 62.2 Å². The van der Waals surface area contributed by atoms with Crippen LogP contribution in [0.25, 0.3) is 0 Å². The molecule has 0 radical (unpaired) electrons. The van der Waals surface area contributed by atoms with Gasteiger partial charge in [0.25, 0.3) is 15.9 Å². The maximum absolute atomic E-state index is 13.0. The summed E-state index contributed by atoms with van der Waals surface area (Å²) in [7, 11) is -2.73. The van der Waals surface area contributed by atoms with Gasteiger partial charge in [-0.2, -0.15) is 0 Å². The van der Waals surface area contributed by atoms with Gasteiger partial charge in [-0.3, -0.25) is 9.52 Å². The highest BCUT2D eigenvalue weighted by molar-refractivity contribution is 7.92. The third-order valence-corrected chi connectivity index (χ3v) is 7.20. The van der Waals surface area contributed by atoms with E-state index >= 15 is 0 Å². The van der Waals surface area contributed by atoms with E-state index in [0.29, 0.717) is 5.69 Å². The number of sulfonamides is 1. The van der Waals surface area contributed by atoms with Gasteiger partial charge >= 0.3 is 5.97 Å². The molecule has 0 bridgehead atoms. The fourth-order valence-corrected chi connectivity index (χ4v) is 5.33. The molecule has 0 saturated carbocycles. The number of nitrogens with one attached hydrogen (secondary N) is 1. The van der Waals surface area contributed by atoms with Crippen molar-refractivity contribution in [2.75, 3.05) is 23.3 Å². The minimum atomic E-state index is -4.07. The number of hydrogen-bond acceptors (Lipinski definition) is 6. The minimum absolute atomic E-state index is 0.0160. The summed E-state index contributed by atoms with van der Waals surface area (Å²) < 4.78 is 39.0. The lowest BCUT2D eigenvalue weighted by Crippen LogP contribution is -2.38.